The van der Waals surface area contributed by atoms with E-state index in [0.29, 0.717) is 11.3 Å². The van der Waals surface area contributed by atoms with Crippen molar-refractivity contribution in [1.29, 1.82) is 0 Å². The zero-order chi connectivity index (χ0) is 14.5. The van der Waals surface area contributed by atoms with E-state index in [1.54, 1.807) is 6.07 Å². The van der Waals surface area contributed by atoms with E-state index in [1.165, 1.54) is 6.20 Å². The van der Waals surface area contributed by atoms with Crippen molar-refractivity contribution in [2.75, 3.05) is 11.9 Å². The van der Waals surface area contributed by atoms with Crippen molar-refractivity contribution in [2.24, 2.45) is 5.73 Å². The van der Waals surface area contributed by atoms with Crippen LogP contribution in [0.4, 0.5) is 5.69 Å². The van der Waals surface area contributed by atoms with Gasteiger partial charge in [0.15, 0.2) is 0 Å². The number of amides is 1. The number of hydrogen-bond acceptors (Lipinski definition) is 3. The van der Waals surface area contributed by atoms with Gasteiger partial charge in [-0.05, 0) is 24.6 Å². The number of aromatic nitrogens is 2. The van der Waals surface area contributed by atoms with Gasteiger partial charge in [0.25, 0.3) is 5.91 Å². The molecule has 6 nitrogen and oxygen atoms in total. The molecule has 2 rings (SSSR count). The first-order valence-electron chi connectivity index (χ1n) is 5.99. The summed E-state index contributed by atoms with van der Waals surface area (Å²) >= 11 is 0. The Morgan fingerprint density at radius 2 is 2.25 bits per heavy atom. The minimum atomic E-state index is -0.429. The average molecular weight is 270 g/mol. The van der Waals surface area contributed by atoms with Gasteiger partial charge in [0.1, 0.15) is 5.69 Å². The molecule has 0 aliphatic rings. The Labute approximate surface area is 115 Å². The first kappa shape index (κ1) is 13.6. The van der Waals surface area contributed by atoms with Gasteiger partial charge in [0.05, 0.1) is 12.2 Å². The van der Waals surface area contributed by atoms with Crippen LogP contribution < -0.4 is 16.7 Å². The van der Waals surface area contributed by atoms with E-state index in [1.807, 2.05) is 19.1 Å². The number of imidazole rings is 1. The minimum absolute atomic E-state index is 0.160. The van der Waals surface area contributed by atoms with Crippen molar-refractivity contribution in [3.63, 3.8) is 0 Å². The fraction of sp³-hybridized carbons (Fsp3) is 0.143. The quantitative estimate of drug-likeness (QED) is 0.600. The zero-order valence-corrected chi connectivity index (χ0v) is 10.9. The van der Waals surface area contributed by atoms with Gasteiger partial charge in [-0.1, -0.05) is 17.9 Å². The van der Waals surface area contributed by atoms with Crippen LogP contribution in [-0.2, 0) is 0 Å². The number of nitrogens with two attached hydrogens (primary N) is 1. The maximum absolute atomic E-state index is 12.0. The third kappa shape index (κ3) is 3.16. The molecule has 0 fully saturated rings. The zero-order valence-electron chi connectivity index (χ0n) is 10.9. The third-order valence-electron chi connectivity index (χ3n) is 2.59. The van der Waals surface area contributed by atoms with Crippen molar-refractivity contribution < 1.29 is 4.79 Å². The van der Waals surface area contributed by atoms with Gasteiger partial charge in [0.2, 0.25) is 0 Å². The monoisotopic (exact) mass is 270 g/mol. The van der Waals surface area contributed by atoms with E-state index in [-0.39, 0.29) is 12.2 Å². The smallest absolute Gasteiger partial charge is 0.320 e. The van der Waals surface area contributed by atoms with E-state index < -0.39 is 11.6 Å². The van der Waals surface area contributed by atoms with Crippen LogP contribution in [0.2, 0.25) is 0 Å². The summed E-state index contributed by atoms with van der Waals surface area (Å²) in [7, 11) is 0. The highest BCUT2D eigenvalue weighted by Crippen LogP contribution is 2.17. The molecule has 6 heteroatoms. The standard InChI is InChI=1S/C14H14N4O2/c1-9-4-5-11(10(7-9)3-2-6-15)17-13(19)12-8-16-14(20)18-12/h4-5,7-8H,6,15H2,1H3,(H,17,19)(H2,16,18,20). The lowest BCUT2D eigenvalue weighted by Crippen LogP contribution is -2.14. The number of H-pyrrole nitrogens is 2. The second kappa shape index (κ2) is 5.91. The Hall–Kier alpha value is -2.78. The molecule has 0 bridgehead atoms. The molecule has 0 aliphatic heterocycles. The van der Waals surface area contributed by atoms with E-state index in [9.17, 15) is 9.59 Å². The van der Waals surface area contributed by atoms with Gasteiger partial charge in [-0.25, -0.2) is 4.79 Å². The van der Waals surface area contributed by atoms with Crippen molar-refractivity contribution >= 4 is 11.6 Å². The second-order valence-electron chi connectivity index (χ2n) is 4.17. The van der Waals surface area contributed by atoms with E-state index in [0.717, 1.165) is 5.56 Å². The van der Waals surface area contributed by atoms with Gasteiger partial charge in [-0.2, -0.15) is 0 Å². The fourth-order valence-electron chi connectivity index (χ4n) is 1.66. The van der Waals surface area contributed by atoms with E-state index in [4.69, 9.17) is 5.73 Å². The molecular weight excluding hydrogens is 256 g/mol. The molecule has 20 heavy (non-hydrogen) atoms. The lowest BCUT2D eigenvalue weighted by molar-refractivity contribution is 0.102. The first-order chi connectivity index (χ1) is 9.60. The summed E-state index contributed by atoms with van der Waals surface area (Å²) in [6, 6.07) is 5.49. The summed E-state index contributed by atoms with van der Waals surface area (Å²) < 4.78 is 0. The number of hydrogen-bond donors (Lipinski definition) is 4. The van der Waals surface area contributed by atoms with Crippen molar-refractivity contribution in [3.05, 3.63) is 51.7 Å². The lowest BCUT2D eigenvalue weighted by atomic mass is 10.1. The van der Waals surface area contributed by atoms with Gasteiger partial charge in [-0.3, -0.25) is 4.79 Å². The number of anilines is 1. The van der Waals surface area contributed by atoms with E-state index in [2.05, 4.69) is 27.1 Å². The highest BCUT2D eigenvalue weighted by atomic mass is 16.2. The summed E-state index contributed by atoms with van der Waals surface area (Å²) in [5, 5.41) is 2.70. The Bertz CT molecular complexity index is 746. The number of rotatable bonds is 2. The first-order valence-corrected chi connectivity index (χ1v) is 5.99. The molecule has 0 saturated carbocycles. The number of carbonyl (C=O) groups excluding carboxylic acids is 1. The van der Waals surface area contributed by atoms with Crippen LogP contribution in [0.1, 0.15) is 21.6 Å². The van der Waals surface area contributed by atoms with Crippen LogP contribution in [0, 0.1) is 18.8 Å². The molecule has 0 atom stereocenters. The normalized spacial score (nSPS) is 9.70. The molecular formula is C14H14N4O2. The van der Waals surface area contributed by atoms with Crippen molar-refractivity contribution in [3.8, 4) is 11.8 Å². The van der Waals surface area contributed by atoms with Gasteiger partial charge < -0.3 is 21.0 Å². The third-order valence-corrected chi connectivity index (χ3v) is 2.59. The summed E-state index contributed by atoms with van der Waals surface area (Å²) in [6.07, 6.45) is 1.32. The number of carbonyl (C=O) groups is 1. The van der Waals surface area contributed by atoms with E-state index >= 15 is 0 Å². The SMILES string of the molecule is Cc1ccc(NC(=O)c2c[nH]c(=O)[nH]2)c(C#CCN)c1. The van der Waals surface area contributed by atoms with Crippen LogP contribution in [-0.4, -0.2) is 22.4 Å². The number of nitrogens with one attached hydrogen (secondary N) is 3. The minimum Gasteiger partial charge on any atom is -0.320 e. The number of aryl methyl sites for hydroxylation is 1. The fourth-order valence-corrected chi connectivity index (χ4v) is 1.66. The maximum atomic E-state index is 12.0. The van der Waals surface area contributed by atoms with Crippen LogP contribution in [0.3, 0.4) is 0 Å². The summed E-state index contributed by atoms with van der Waals surface area (Å²) in [4.78, 5) is 27.7. The molecule has 1 heterocycles. The van der Waals surface area contributed by atoms with Crippen molar-refractivity contribution in [2.45, 2.75) is 6.92 Å². The van der Waals surface area contributed by atoms with Gasteiger partial charge >= 0.3 is 5.69 Å². The van der Waals surface area contributed by atoms with Crippen LogP contribution in [0.5, 0.6) is 0 Å². The largest absolute Gasteiger partial charge is 0.323 e. The highest BCUT2D eigenvalue weighted by molar-refractivity contribution is 6.03. The van der Waals surface area contributed by atoms with Crippen LogP contribution >= 0.6 is 0 Å². The molecule has 0 spiro atoms. The molecule has 0 radical (unpaired) electrons. The lowest BCUT2D eigenvalue weighted by Gasteiger charge is -2.07. The Morgan fingerprint density at radius 3 is 2.90 bits per heavy atom. The number of aromatic amines is 2. The Balaban J connectivity index is 2.29. The van der Waals surface area contributed by atoms with Crippen LogP contribution in [0.25, 0.3) is 0 Å². The number of benzene rings is 1. The Morgan fingerprint density at radius 1 is 1.45 bits per heavy atom. The molecule has 102 valence electrons. The summed E-state index contributed by atoms with van der Waals surface area (Å²) in [6.45, 7) is 2.18. The molecule has 1 aromatic carbocycles. The highest BCUT2D eigenvalue weighted by Gasteiger charge is 2.10. The topological polar surface area (TPSA) is 104 Å². The molecule has 1 aromatic heterocycles. The molecule has 5 N–H and O–H groups in total. The predicted octanol–water partition coefficient (Wildman–Crippen LogP) is 0.574. The molecule has 0 unspecified atom stereocenters. The maximum Gasteiger partial charge on any atom is 0.323 e. The molecule has 2 aromatic rings. The average Bonchev–Trinajstić information content (AvgIpc) is 2.85. The van der Waals surface area contributed by atoms with Gasteiger partial charge in [-0.15, -0.1) is 0 Å². The molecule has 1 amide bonds. The summed E-state index contributed by atoms with van der Waals surface area (Å²) in [5.41, 5.74) is 7.37. The van der Waals surface area contributed by atoms with Crippen LogP contribution in [0.15, 0.2) is 29.2 Å². The van der Waals surface area contributed by atoms with Crippen molar-refractivity contribution in [1.82, 2.24) is 9.97 Å². The Kier molecular flexibility index (Phi) is 4.03. The predicted molar refractivity (Wildman–Crippen MR) is 76.5 cm³/mol. The second-order valence-corrected chi connectivity index (χ2v) is 4.17. The van der Waals surface area contributed by atoms with Gasteiger partial charge in [0, 0.05) is 11.8 Å². The summed E-state index contributed by atoms with van der Waals surface area (Å²) in [5.74, 6) is 5.24. The molecule has 0 saturated heterocycles. The molecule has 0 aliphatic carbocycles.